The molecule has 19 heteroatoms. The molecule has 0 radical (unpaired) electrons. The van der Waals surface area contributed by atoms with E-state index in [2.05, 4.69) is 87.1 Å². The molecule has 0 unspecified atom stereocenters. The fourth-order valence-electron chi connectivity index (χ4n) is 1.60. The number of nitrogens with one attached hydrogen (secondary N) is 1. The predicted octanol–water partition coefficient (Wildman–Crippen LogP) is 0.935. The summed E-state index contributed by atoms with van der Waals surface area (Å²) < 4.78 is 108. The summed E-state index contributed by atoms with van der Waals surface area (Å²) in [5.74, 6) is 0. The predicted molar refractivity (Wildman–Crippen MR) is 111 cm³/mol. The van der Waals surface area contributed by atoms with Gasteiger partial charge in [-0.05, 0) is 42.3 Å². The van der Waals surface area contributed by atoms with Crippen molar-refractivity contribution in [1.82, 2.24) is 23.7 Å². The van der Waals surface area contributed by atoms with Gasteiger partial charge in [0, 0.05) is 39.3 Å². The van der Waals surface area contributed by atoms with E-state index in [0.717, 1.165) is 39.3 Å². The Balaban J connectivity index is -0.000000508. The van der Waals surface area contributed by atoms with Crippen molar-refractivity contribution in [1.29, 1.82) is 0 Å². The average Bonchev–Trinajstić information content (AvgIpc) is 2.60. The van der Waals surface area contributed by atoms with Gasteiger partial charge in [-0.2, -0.15) is 26.3 Å². The Morgan fingerprint density at radius 3 is 0.970 bits per heavy atom. The number of sulfonamides is 2. The minimum atomic E-state index is -6.60. The molecule has 0 atom stereocenters. The minimum absolute atomic E-state index is 0.493. The van der Waals surface area contributed by atoms with E-state index in [0.29, 0.717) is 0 Å². The van der Waals surface area contributed by atoms with Gasteiger partial charge in [0.1, 0.15) is 0 Å². The van der Waals surface area contributed by atoms with Crippen LogP contribution in [0.25, 0.3) is 0 Å². The topological polar surface area (TPSA) is 93.3 Å². The fourth-order valence-corrected chi connectivity index (χ4v) is 3.51. The van der Waals surface area contributed by atoms with Crippen LogP contribution in [0.5, 0.6) is 0 Å². The van der Waals surface area contributed by atoms with Crippen molar-refractivity contribution in [2.45, 2.75) is 11.0 Å². The van der Waals surface area contributed by atoms with Crippen LogP contribution in [0, 0.1) is 0 Å². The Morgan fingerprint density at radius 1 is 0.606 bits per heavy atom. The maximum atomic E-state index is 11.5. The second-order valence-corrected chi connectivity index (χ2v) is 10.8. The number of hydrogen-bond donors (Lipinski definition) is 1. The molecule has 0 fully saturated rings. The van der Waals surface area contributed by atoms with E-state index in [1.807, 2.05) is 0 Å². The number of rotatable bonds is 11. The molecule has 9 nitrogen and oxygen atoms in total. The molecule has 0 amide bonds. The van der Waals surface area contributed by atoms with Crippen molar-refractivity contribution in [3.63, 3.8) is 0 Å². The SMILES string of the molecule is CN(C)CCN(CCN(C)C)CCN(C)C.O=S(=O)(NS(=O)(=O)C(F)(F)F)C(F)(F)F.[Cl][Cu]. The molecule has 0 aromatic heterocycles. The average molecular weight is 611 g/mol. The monoisotopic (exact) mass is 609 g/mol. The van der Waals surface area contributed by atoms with Crippen LogP contribution >= 0.6 is 10.1 Å². The molecule has 0 aliphatic carbocycles. The summed E-state index contributed by atoms with van der Waals surface area (Å²) >= 11 is 3.66. The van der Waals surface area contributed by atoms with E-state index in [4.69, 9.17) is 0 Å². The fraction of sp³-hybridized carbons (Fsp3) is 1.00. The van der Waals surface area contributed by atoms with Gasteiger partial charge in [0.25, 0.3) is 0 Å². The number of halogens is 7. The van der Waals surface area contributed by atoms with Crippen LogP contribution in [0.15, 0.2) is 0 Å². The molecule has 33 heavy (non-hydrogen) atoms. The van der Waals surface area contributed by atoms with Gasteiger partial charge in [-0.25, -0.2) is 16.8 Å². The summed E-state index contributed by atoms with van der Waals surface area (Å²) in [5.41, 5.74) is -12.3. The van der Waals surface area contributed by atoms with Crippen molar-refractivity contribution >= 4 is 30.1 Å². The number of hydrogen-bond acceptors (Lipinski definition) is 8. The van der Waals surface area contributed by atoms with Crippen LogP contribution in [0.2, 0.25) is 0 Å². The summed E-state index contributed by atoms with van der Waals surface area (Å²) in [4.78, 5) is 9.29. The third-order valence-corrected chi connectivity index (χ3v) is 6.39. The first-order valence-corrected chi connectivity index (χ1v) is 13.1. The van der Waals surface area contributed by atoms with Crippen LogP contribution in [-0.4, -0.2) is 129 Å². The van der Waals surface area contributed by atoms with Gasteiger partial charge < -0.3 is 14.7 Å². The zero-order chi connectivity index (χ0) is 27.3. The molecule has 0 bridgehead atoms. The van der Waals surface area contributed by atoms with Gasteiger partial charge in [-0.15, -0.1) is 0 Å². The molecule has 0 heterocycles. The molecule has 1 N–H and O–H groups in total. The first-order chi connectivity index (χ1) is 14.6. The molecular weight excluding hydrogens is 579 g/mol. The van der Waals surface area contributed by atoms with Crippen LogP contribution in [0.3, 0.4) is 0 Å². The van der Waals surface area contributed by atoms with Crippen molar-refractivity contribution in [2.75, 3.05) is 81.6 Å². The van der Waals surface area contributed by atoms with Crippen LogP contribution in [-0.2, 0) is 35.1 Å². The Hall–Kier alpha value is 0.0895. The second kappa shape index (κ2) is 16.7. The van der Waals surface area contributed by atoms with E-state index in [9.17, 15) is 43.2 Å². The zero-order valence-electron chi connectivity index (χ0n) is 18.9. The third kappa shape index (κ3) is 19.0. The van der Waals surface area contributed by atoms with E-state index in [1.165, 1.54) is 0 Å². The quantitative estimate of drug-likeness (QED) is 0.273. The first-order valence-electron chi connectivity index (χ1n) is 8.81. The van der Waals surface area contributed by atoms with Crippen LogP contribution < -0.4 is 4.13 Å². The van der Waals surface area contributed by atoms with Crippen molar-refractivity contribution in [2.24, 2.45) is 0 Å². The zero-order valence-corrected chi connectivity index (χ0v) is 22.3. The first kappa shape index (κ1) is 37.6. The molecule has 0 saturated heterocycles. The molecule has 0 rings (SSSR count). The summed E-state index contributed by atoms with van der Waals surface area (Å²) in [6, 6.07) is 0. The molecule has 0 aromatic rings. The standard InChI is InChI=1S/C12H30N4.C2HF6NO4S2.ClH.Cu/c1-13(2)7-10-16(11-8-14(3)4)12-9-15(5)6;3-1(4,5)14(10,11)9-15(12,13)2(6,7)8;;/h7-12H2,1-6H3;9H;1H;/q;;;+1/p-1. The number of alkyl halides is 6. The third-order valence-electron chi connectivity index (χ3n) is 3.42. The molecule has 208 valence electrons. The Bertz CT molecular complexity index is 652. The van der Waals surface area contributed by atoms with Crippen molar-refractivity contribution in [3.8, 4) is 0 Å². The normalized spacial score (nSPS) is 13.2. The molecule has 0 aliphatic heterocycles. The summed E-state index contributed by atoms with van der Waals surface area (Å²) in [6.07, 6.45) is 0. The Morgan fingerprint density at radius 2 is 0.818 bits per heavy atom. The van der Waals surface area contributed by atoms with E-state index in [-0.39, 0.29) is 0 Å². The molecular formula is C14H31ClCuF6N5O4S2. The van der Waals surface area contributed by atoms with Gasteiger partial charge in [0.15, 0.2) is 0 Å². The molecule has 0 aliphatic rings. The van der Waals surface area contributed by atoms with Crippen LogP contribution in [0.4, 0.5) is 26.3 Å². The van der Waals surface area contributed by atoms with Gasteiger partial charge in [0.05, 0.1) is 0 Å². The van der Waals surface area contributed by atoms with Crippen LogP contribution in [0.1, 0.15) is 0 Å². The van der Waals surface area contributed by atoms with E-state index < -0.39 is 35.2 Å². The number of likely N-dealkylation sites (N-methyl/N-ethyl adjacent to an activating group) is 3. The number of nitrogens with zero attached hydrogens (tertiary/aromatic N) is 4. The van der Waals surface area contributed by atoms with Crippen molar-refractivity contribution < 1.29 is 58.3 Å². The van der Waals surface area contributed by atoms with E-state index in [1.54, 1.807) is 0 Å². The molecule has 0 spiro atoms. The second-order valence-electron chi connectivity index (χ2n) is 7.23. The molecule has 0 aromatic carbocycles. The summed E-state index contributed by atoms with van der Waals surface area (Å²) in [7, 11) is 3.82. The van der Waals surface area contributed by atoms with Crippen molar-refractivity contribution in [3.05, 3.63) is 0 Å². The summed E-state index contributed by atoms with van der Waals surface area (Å²) in [5, 5.41) is 0. The maximum absolute atomic E-state index is 11.5. The van der Waals surface area contributed by atoms with Gasteiger partial charge >= 0.3 is 56.3 Å². The van der Waals surface area contributed by atoms with Gasteiger partial charge in [0.2, 0.25) is 0 Å². The van der Waals surface area contributed by atoms with Gasteiger partial charge in [-0.3, -0.25) is 4.90 Å². The van der Waals surface area contributed by atoms with Gasteiger partial charge in [-0.1, -0.05) is 4.13 Å². The Labute approximate surface area is 204 Å². The molecule has 0 saturated carbocycles. The summed E-state index contributed by atoms with van der Waals surface area (Å²) in [6.45, 7) is 6.90. The van der Waals surface area contributed by atoms with E-state index >= 15 is 0 Å². The Kier molecular flexibility index (Phi) is 19.1.